The van der Waals surface area contributed by atoms with E-state index in [1.807, 2.05) is 0 Å². The van der Waals surface area contributed by atoms with Crippen LogP contribution >= 0.6 is 0 Å². The SMILES string of the molecule is O=S(=O)([O-])CCCCCCCCCCCCCS(=O)(=O)[O-].[Na+].[Na+]. The van der Waals surface area contributed by atoms with Crippen molar-refractivity contribution in [1.82, 2.24) is 0 Å². The second-order valence-electron chi connectivity index (χ2n) is 5.41. The van der Waals surface area contributed by atoms with Gasteiger partial charge in [-0.2, -0.15) is 0 Å². The molecular formula is C13H26Na2O6S2. The van der Waals surface area contributed by atoms with Crippen molar-refractivity contribution in [2.45, 2.75) is 70.6 Å². The standard InChI is InChI=1S/C13H28O6S2.2Na/c14-20(15,16)12-10-8-6-4-2-1-3-5-7-9-11-13-21(17,18)19;;/h1-13H2,(H,14,15,16)(H,17,18,19);;/q;2*+1/p-2. The molecule has 0 N–H and O–H groups in total. The van der Waals surface area contributed by atoms with Crippen molar-refractivity contribution in [1.29, 1.82) is 0 Å². The van der Waals surface area contributed by atoms with Gasteiger partial charge in [0.1, 0.15) is 0 Å². The summed E-state index contributed by atoms with van der Waals surface area (Å²) in [6.45, 7) is 0. The zero-order valence-electron chi connectivity index (χ0n) is 14.5. The molecule has 0 aliphatic rings. The molecule has 23 heavy (non-hydrogen) atoms. The minimum absolute atomic E-state index is 0. The maximum Gasteiger partial charge on any atom is 1.00 e. The Morgan fingerprint density at radius 1 is 0.435 bits per heavy atom. The van der Waals surface area contributed by atoms with Crippen molar-refractivity contribution >= 4 is 20.2 Å². The van der Waals surface area contributed by atoms with Gasteiger partial charge in [0.25, 0.3) is 0 Å². The normalized spacial score (nSPS) is 11.6. The summed E-state index contributed by atoms with van der Waals surface area (Å²) in [6.07, 6.45) is 9.78. The quantitative estimate of drug-likeness (QED) is 0.172. The maximum absolute atomic E-state index is 10.4. The van der Waals surface area contributed by atoms with Gasteiger partial charge in [0.05, 0.1) is 20.2 Å². The van der Waals surface area contributed by atoms with Crippen LogP contribution < -0.4 is 59.1 Å². The first-order valence-corrected chi connectivity index (χ1v) is 10.7. The second-order valence-corrected chi connectivity index (χ2v) is 8.46. The van der Waals surface area contributed by atoms with E-state index in [0.717, 1.165) is 57.8 Å². The molecule has 0 heterocycles. The third-order valence-corrected chi connectivity index (χ3v) is 4.87. The molecule has 0 aliphatic carbocycles. The van der Waals surface area contributed by atoms with Crippen LogP contribution in [0.4, 0.5) is 0 Å². The largest absolute Gasteiger partial charge is 1.00 e. The predicted octanol–water partition coefficient (Wildman–Crippen LogP) is -3.62. The van der Waals surface area contributed by atoms with E-state index in [2.05, 4.69) is 0 Å². The van der Waals surface area contributed by atoms with Gasteiger partial charge >= 0.3 is 59.1 Å². The van der Waals surface area contributed by atoms with Crippen LogP contribution in [-0.4, -0.2) is 37.4 Å². The van der Waals surface area contributed by atoms with Crippen LogP contribution in [0.3, 0.4) is 0 Å². The smallest absolute Gasteiger partial charge is 0.748 e. The van der Waals surface area contributed by atoms with Crippen LogP contribution in [0, 0.1) is 0 Å². The Morgan fingerprint density at radius 3 is 0.783 bits per heavy atom. The van der Waals surface area contributed by atoms with Gasteiger partial charge < -0.3 is 9.11 Å². The fourth-order valence-corrected chi connectivity index (χ4v) is 3.26. The van der Waals surface area contributed by atoms with Gasteiger partial charge in [0.15, 0.2) is 0 Å². The molecule has 0 aromatic heterocycles. The summed E-state index contributed by atoms with van der Waals surface area (Å²) in [5.74, 6) is -0.516. The van der Waals surface area contributed by atoms with E-state index in [0.29, 0.717) is 12.8 Å². The van der Waals surface area contributed by atoms with E-state index in [9.17, 15) is 25.9 Å². The van der Waals surface area contributed by atoms with Crippen LogP contribution in [0.2, 0.25) is 0 Å². The molecule has 0 atom stereocenters. The van der Waals surface area contributed by atoms with Crippen LogP contribution in [0.5, 0.6) is 0 Å². The maximum atomic E-state index is 10.4. The summed E-state index contributed by atoms with van der Waals surface area (Å²) in [7, 11) is -8.11. The molecule has 0 spiro atoms. The molecule has 0 aromatic carbocycles. The van der Waals surface area contributed by atoms with Crippen LogP contribution in [-0.2, 0) is 20.2 Å². The molecule has 0 fully saturated rings. The Kier molecular flexibility index (Phi) is 22.2. The molecule has 10 heteroatoms. The van der Waals surface area contributed by atoms with Gasteiger partial charge in [-0.3, -0.25) is 0 Å². The van der Waals surface area contributed by atoms with Crippen molar-refractivity contribution in [3.63, 3.8) is 0 Å². The average molecular weight is 388 g/mol. The fraction of sp³-hybridized carbons (Fsp3) is 1.00. The Bertz CT molecular complexity index is 409. The van der Waals surface area contributed by atoms with Gasteiger partial charge in [-0.25, -0.2) is 16.8 Å². The zero-order chi connectivity index (χ0) is 16.2. The summed E-state index contributed by atoms with van der Waals surface area (Å²) in [5.41, 5.74) is 0. The van der Waals surface area contributed by atoms with E-state index < -0.39 is 20.2 Å². The predicted molar refractivity (Wildman–Crippen MR) is 79.9 cm³/mol. The van der Waals surface area contributed by atoms with E-state index >= 15 is 0 Å². The average Bonchev–Trinajstić information content (AvgIpc) is 2.32. The molecule has 0 bridgehead atoms. The van der Waals surface area contributed by atoms with Crippen molar-refractivity contribution in [3.8, 4) is 0 Å². The van der Waals surface area contributed by atoms with Crippen molar-refractivity contribution < 1.29 is 85.1 Å². The molecule has 0 radical (unpaired) electrons. The number of hydrogen-bond acceptors (Lipinski definition) is 6. The van der Waals surface area contributed by atoms with E-state index in [4.69, 9.17) is 0 Å². The second kappa shape index (κ2) is 17.2. The van der Waals surface area contributed by atoms with E-state index in [-0.39, 0.29) is 70.6 Å². The summed E-state index contributed by atoms with van der Waals surface area (Å²) >= 11 is 0. The molecular weight excluding hydrogens is 362 g/mol. The van der Waals surface area contributed by atoms with Gasteiger partial charge in [-0.05, 0) is 12.8 Å². The van der Waals surface area contributed by atoms with Crippen LogP contribution in [0.15, 0.2) is 0 Å². The minimum Gasteiger partial charge on any atom is -0.748 e. The summed E-state index contributed by atoms with van der Waals surface area (Å²) in [6, 6.07) is 0. The fourth-order valence-electron chi connectivity index (χ4n) is 2.15. The number of rotatable bonds is 14. The molecule has 0 saturated carbocycles. The molecule has 128 valence electrons. The third-order valence-electron chi connectivity index (χ3n) is 3.29. The van der Waals surface area contributed by atoms with Crippen molar-refractivity contribution in [2.24, 2.45) is 0 Å². The molecule has 0 amide bonds. The summed E-state index contributed by atoms with van der Waals surface area (Å²) in [5, 5.41) is 0. The topological polar surface area (TPSA) is 114 Å². The Morgan fingerprint density at radius 2 is 0.609 bits per heavy atom. The first kappa shape index (κ1) is 29.6. The van der Waals surface area contributed by atoms with Crippen molar-refractivity contribution in [2.75, 3.05) is 11.5 Å². The molecule has 0 aliphatic heterocycles. The van der Waals surface area contributed by atoms with Gasteiger partial charge in [-0.1, -0.05) is 57.8 Å². The Balaban J connectivity index is -0.00000200. The molecule has 0 unspecified atom stereocenters. The Hall–Kier alpha value is 1.82. The van der Waals surface area contributed by atoms with E-state index in [1.165, 1.54) is 0 Å². The van der Waals surface area contributed by atoms with Gasteiger partial charge in [-0.15, -0.1) is 0 Å². The number of unbranched alkanes of at least 4 members (excludes halogenated alkanes) is 10. The first-order valence-electron chi connectivity index (χ1n) is 7.58. The molecule has 0 saturated heterocycles. The number of hydrogen-bond donors (Lipinski definition) is 0. The summed E-state index contributed by atoms with van der Waals surface area (Å²) < 4.78 is 62.2. The van der Waals surface area contributed by atoms with Gasteiger partial charge in [0.2, 0.25) is 0 Å². The third kappa shape index (κ3) is 28.9. The monoisotopic (exact) mass is 388 g/mol. The molecule has 6 nitrogen and oxygen atoms in total. The minimum atomic E-state index is -4.05. The Labute approximate surface area is 185 Å². The van der Waals surface area contributed by atoms with Crippen molar-refractivity contribution in [3.05, 3.63) is 0 Å². The van der Waals surface area contributed by atoms with E-state index in [1.54, 1.807) is 0 Å². The van der Waals surface area contributed by atoms with Crippen LogP contribution in [0.25, 0.3) is 0 Å². The van der Waals surface area contributed by atoms with Gasteiger partial charge in [0, 0.05) is 11.5 Å². The summed E-state index contributed by atoms with van der Waals surface area (Å²) in [4.78, 5) is 0. The van der Waals surface area contributed by atoms with Crippen LogP contribution in [0.1, 0.15) is 70.6 Å². The molecule has 0 aromatic rings. The molecule has 0 rings (SSSR count). The zero-order valence-corrected chi connectivity index (χ0v) is 20.1. The first-order chi connectivity index (χ1) is 9.71.